The molecule has 0 saturated carbocycles. The van der Waals surface area contributed by atoms with Crippen LogP contribution in [0.15, 0.2) is 77.7 Å². The molecule has 224 valence electrons. The molecule has 1 fully saturated rings. The normalized spacial score (nSPS) is 18.1. The van der Waals surface area contributed by atoms with E-state index in [9.17, 15) is 23.1 Å². The Balaban J connectivity index is 1.60. The van der Waals surface area contributed by atoms with Crippen molar-refractivity contribution in [2.24, 2.45) is 0 Å². The highest BCUT2D eigenvalue weighted by atomic mass is 32.2. The summed E-state index contributed by atoms with van der Waals surface area (Å²) in [5.74, 6) is -2.17. The fourth-order valence-electron chi connectivity index (χ4n) is 5.32. The average molecular weight is 611 g/mol. The number of aryl methyl sites for hydroxylation is 1. The molecule has 0 bridgehead atoms. The molecule has 42 heavy (non-hydrogen) atoms. The first kappa shape index (κ1) is 31.7. The topological polar surface area (TPSA) is 113 Å². The third kappa shape index (κ3) is 8.67. The summed E-state index contributed by atoms with van der Waals surface area (Å²) >= 11 is 1.88. The summed E-state index contributed by atoms with van der Waals surface area (Å²) in [5.41, 5.74) is 3.93. The first-order chi connectivity index (χ1) is 20.0. The summed E-state index contributed by atoms with van der Waals surface area (Å²) in [4.78, 5) is 29.0. The zero-order valence-electron chi connectivity index (χ0n) is 24.2. The van der Waals surface area contributed by atoms with Gasteiger partial charge in [-0.2, -0.15) is 0 Å². The summed E-state index contributed by atoms with van der Waals surface area (Å²) < 4.78 is 28.8. The molecular weight excluding hydrogens is 572 g/mol. The van der Waals surface area contributed by atoms with Crippen molar-refractivity contribution in [3.63, 3.8) is 0 Å². The Kier molecular flexibility index (Phi) is 10.8. The van der Waals surface area contributed by atoms with Gasteiger partial charge in [0.25, 0.3) is 5.91 Å². The fourth-order valence-corrected chi connectivity index (χ4v) is 7.27. The highest BCUT2D eigenvalue weighted by Gasteiger charge is 2.33. The van der Waals surface area contributed by atoms with Gasteiger partial charge in [-0.3, -0.25) is 9.69 Å². The Labute approximate surface area is 252 Å². The number of hydrogen-bond donors (Lipinski definition) is 2. The summed E-state index contributed by atoms with van der Waals surface area (Å²) in [6.07, 6.45) is 1.83. The van der Waals surface area contributed by atoms with Gasteiger partial charge >= 0.3 is 5.97 Å². The van der Waals surface area contributed by atoms with E-state index in [1.54, 1.807) is 13.2 Å². The summed E-state index contributed by atoms with van der Waals surface area (Å²) in [7, 11) is -1.67. The molecule has 4 rings (SSSR count). The molecule has 0 aliphatic carbocycles. The van der Waals surface area contributed by atoms with Gasteiger partial charge < -0.3 is 15.2 Å². The first-order valence-electron chi connectivity index (χ1n) is 13.9. The lowest BCUT2D eigenvalue weighted by Crippen LogP contribution is -2.42. The number of carboxylic acids is 1. The number of thioether (sulfide) groups is 1. The van der Waals surface area contributed by atoms with E-state index in [0.717, 1.165) is 35.9 Å². The number of likely N-dealkylation sites (tertiary alicyclic amines) is 1. The monoisotopic (exact) mass is 610 g/mol. The SMILES string of the molecule is COC[C@H]1C[C@H](Sc2ccccc2)CN1Cc1ccc(C(=O)N[C@@H](CCS(C)(=O)=O)C(=O)O)c(-c2ccccc2C)c1. The third-order valence-corrected chi connectivity index (χ3v) is 9.62. The smallest absolute Gasteiger partial charge is 0.326 e. The van der Waals surface area contributed by atoms with E-state index >= 15 is 0 Å². The van der Waals surface area contributed by atoms with E-state index in [1.165, 1.54) is 4.90 Å². The minimum absolute atomic E-state index is 0.213. The maximum absolute atomic E-state index is 13.4. The van der Waals surface area contributed by atoms with Crippen LogP contribution in [0.2, 0.25) is 0 Å². The van der Waals surface area contributed by atoms with Crippen LogP contribution in [0, 0.1) is 6.92 Å². The number of nitrogens with one attached hydrogen (secondary N) is 1. The lowest BCUT2D eigenvalue weighted by Gasteiger charge is -2.24. The number of methoxy groups -OCH3 is 1. The van der Waals surface area contributed by atoms with Crippen LogP contribution in [0.4, 0.5) is 0 Å². The molecule has 0 radical (unpaired) electrons. The Bertz CT molecular complexity index is 1500. The third-order valence-electron chi connectivity index (χ3n) is 7.42. The van der Waals surface area contributed by atoms with Gasteiger partial charge in [-0.05, 0) is 66.3 Å². The van der Waals surface area contributed by atoms with Crippen molar-refractivity contribution >= 4 is 33.5 Å². The van der Waals surface area contributed by atoms with Gasteiger partial charge in [0.2, 0.25) is 0 Å². The van der Waals surface area contributed by atoms with Crippen LogP contribution in [0.3, 0.4) is 0 Å². The second-order valence-electron chi connectivity index (χ2n) is 10.8. The number of carboxylic acid groups (broad SMARTS) is 1. The van der Waals surface area contributed by atoms with Crippen molar-refractivity contribution in [3.8, 4) is 11.1 Å². The number of aliphatic carboxylic acids is 1. The van der Waals surface area contributed by atoms with Crippen molar-refractivity contribution in [3.05, 3.63) is 89.5 Å². The van der Waals surface area contributed by atoms with Crippen molar-refractivity contribution in [1.29, 1.82) is 0 Å². The second kappa shape index (κ2) is 14.3. The predicted octanol–water partition coefficient (Wildman–Crippen LogP) is 4.66. The number of carbonyl (C=O) groups excluding carboxylic acids is 1. The fraction of sp³-hybridized carbons (Fsp3) is 0.375. The Morgan fingerprint density at radius 2 is 1.79 bits per heavy atom. The van der Waals surface area contributed by atoms with Crippen LogP contribution in [0.25, 0.3) is 11.1 Å². The lowest BCUT2D eigenvalue weighted by molar-refractivity contribution is -0.139. The van der Waals surface area contributed by atoms with Gasteiger partial charge in [-0.15, -0.1) is 11.8 Å². The highest BCUT2D eigenvalue weighted by molar-refractivity contribution is 8.00. The first-order valence-corrected chi connectivity index (χ1v) is 16.8. The van der Waals surface area contributed by atoms with Crippen LogP contribution < -0.4 is 5.32 Å². The molecule has 0 spiro atoms. The average Bonchev–Trinajstić information content (AvgIpc) is 3.31. The molecule has 1 heterocycles. The largest absolute Gasteiger partial charge is 0.480 e. The molecule has 3 aromatic rings. The van der Waals surface area contributed by atoms with Gasteiger partial charge in [0.1, 0.15) is 15.9 Å². The molecule has 1 aliphatic heterocycles. The number of carbonyl (C=O) groups is 2. The highest BCUT2D eigenvalue weighted by Crippen LogP contribution is 2.35. The number of sulfone groups is 1. The zero-order chi connectivity index (χ0) is 30.3. The summed E-state index contributed by atoms with van der Waals surface area (Å²) in [6, 6.07) is 22.7. The number of benzene rings is 3. The Morgan fingerprint density at radius 1 is 1.07 bits per heavy atom. The molecule has 3 atom stereocenters. The van der Waals surface area contributed by atoms with Gasteiger partial charge in [-0.25, -0.2) is 13.2 Å². The summed E-state index contributed by atoms with van der Waals surface area (Å²) in [5, 5.41) is 12.6. The van der Waals surface area contributed by atoms with Crippen molar-refractivity contribution < 1.29 is 27.9 Å². The predicted molar refractivity (Wildman–Crippen MR) is 167 cm³/mol. The van der Waals surface area contributed by atoms with Crippen LogP contribution in [-0.2, 0) is 25.9 Å². The molecule has 10 heteroatoms. The number of ether oxygens (including phenoxy) is 1. The molecule has 0 aromatic heterocycles. The van der Waals surface area contributed by atoms with E-state index < -0.39 is 27.8 Å². The second-order valence-corrected chi connectivity index (χ2v) is 14.4. The Morgan fingerprint density at radius 3 is 2.45 bits per heavy atom. The van der Waals surface area contributed by atoms with E-state index in [2.05, 4.69) is 34.5 Å². The van der Waals surface area contributed by atoms with Crippen LogP contribution >= 0.6 is 11.8 Å². The molecule has 1 saturated heterocycles. The zero-order valence-corrected chi connectivity index (χ0v) is 25.8. The molecule has 3 aromatic carbocycles. The standard InChI is InChI=1S/C32H38N2O6S2/c1-22-9-7-8-12-27(22)29-17-23(13-14-28(29)31(35)33-30(32(36)37)15-16-42(3,38)39)19-34-20-26(18-24(34)21-40-2)41-25-10-5-4-6-11-25/h4-14,17,24,26,30H,15-16,18-21H2,1-3H3,(H,33,35)(H,36,37)/t24-,26+,30+/m1/s1. The van der Waals surface area contributed by atoms with Gasteiger partial charge in [0.15, 0.2) is 0 Å². The number of rotatable bonds is 13. The quantitative estimate of drug-likeness (QED) is 0.287. The van der Waals surface area contributed by atoms with Crippen LogP contribution in [0.5, 0.6) is 0 Å². The number of amides is 1. The minimum Gasteiger partial charge on any atom is -0.480 e. The molecule has 2 N–H and O–H groups in total. The molecule has 1 aliphatic rings. The molecular formula is C32H38N2O6S2. The van der Waals surface area contributed by atoms with E-state index in [0.29, 0.717) is 29.5 Å². The lowest BCUT2D eigenvalue weighted by atomic mass is 9.93. The van der Waals surface area contributed by atoms with Crippen molar-refractivity contribution in [2.75, 3.05) is 32.3 Å². The van der Waals surface area contributed by atoms with Gasteiger partial charge in [0, 0.05) is 48.2 Å². The van der Waals surface area contributed by atoms with Crippen molar-refractivity contribution in [2.45, 2.75) is 48.5 Å². The van der Waals surface area contributed by atoms with E-state index in [4.69, 9.17) is 4.74 Å². The Hall–Kier alpha value is -3.18. The number of hydrogen-bond acceptors (Lipinski definition) is 7. The van der Waals surface area contributed by atoms with E-state index in [-0.39, 0.29) is 18.2 Å². The summed E-state index contributed by atoms with van der Waals surface area (Å²) in [6.45, 7) is 4.17. The maximum atomic E-state index is 13.4. The molecule has 8 nitrogen and oxygen atoms in total. The van der Waals surface area contributed by atoms with E-state index in [1.807, 2.05) is 61.2 Å². The number of nitrogens with zero attached hydrogens (tertiary/aromatic N) is 1. The van der Waals surface area contributed by atoms with Crippen LogP contribution in [0.1, 0.15) is 34.3 Å². The maximum Gasteiger partial charge on any atom is 0.326 e. The van der Waals surface area contributed by atoms with Gasteiger partial charge in [0.05, 0.1) is 12.4 Å². The van der Waals surface area contributed by atoms with Crippen molar-refractivity contribution in [1.82, 2.24) is 10.2 Å². The van der Waals surface area contributed by atoms with Crippen LogP contribution in [-0.4, -0.2) is 79.9 Å². The molecule has 0 unspecified atom stereocenters. The molecule has 1 amide bonds. The minimum atomic E-state index is -3.39. The van der Waals surface area contributed by atoms with Gasteiger partial charge in [-0.1, -0.05) is 48.5 Å².